The Morgan fingerprint density at radius 1 is 1.13 bits per heavy atom. The number of carbonyl (C=O) groups is 3. The lowest BCUT2D eigenvalue weighted by Crippen LogP contribution is -2.62. The summed E-state index contributed by atoms with van der Waals surface area (Å²) in [6, 6.07) is -1.38. The quantitative estimate of drug-likeness (QED) is 0.214. The molecule has 4 N–H and O–H groups in total. The molecule has 30 heavy (non-hydrogen) atoms. The van der Waals surface area contributed by atoms with Crippen LogP contribution in [0.3, 0.4) is 0 Å². The maximum absolute atomic E-state index is 13.2. The van der Waals surface area contributed by atoms with Crippen LogP contribution in [0.5, 0.6) is 0 Å². The molecule has 0 bridgehead atoms. The van der Waals surface area contributed by atoms with Crippen LogP contribution in [0.4, 0.5) is 0 Å². The predicted molar refractivity (Wildman–Crippen MR) is 117 cm³/mol. The average Bonchev–Trinajstić information content (AvgIpc) is 2.61. The number of hydrogen-bond donors (Lipinski definition) is 4. The smallest absolute Gasteiger partial charge is 0.250 e. The minimum atomic E-state index is -3.73. The van der Waals surface area contributed by atoms with Crippen molar-refractivity contribution < 1.29 is 28.0 Å². The number of amides is 3. The van der Waals surface area contributed by atoms with Crippen LogP contribution in [0.25, 0.3) is 0 Å². The van der Waals surface area contributed by atoms with Gasteiger partial charge in [0.1, 0.15) is 6.04 Å². The molecular weight excluding hydrogens is 410 g/mol. The van der Waals surface area contributed by atoms with Gasteiger partial charge in [0.25, 0.3) is 0 Å². The summed E-state index contributed by atoms with van der Waals surface area (Å²) < 4.78 is 22.9. The Morgan fingerprint density at radius 2 is 1.63 bits per heavy atom. The van der Waals surface area contributed by atoms with Crippen molar-refractivity contribution in [2.24, 2.45) is 17.3 Å². The van der Waals surface area contributed by atoms with E-state index in [-0.39, 0.29) is 26.2 Å². The van der Waals surface area contributed by atoms with E-state index >= 15 is 0 Å². The molecule has 0 radical (unpaired) electrons. The minimum Gasteiger partial charge on any atom is -0.357 e. The summed E-state index contributed by atoms with van der Waals surface area (Å²) in [5, 5.41) is 14.1. The van der Waals surface area contributed by atoms with E-state index in [4.69, 9.17) is 0 Å². The monoisotopic (exact) mass is 449 g/mol. The molecule has 0 aromatic rings. The van der Waals surface area contributed by atoms with Crippen LogP contribution in [0.15, 0.2) is 12.7 Å². The van der Waals surface area contributed by atoms with Gasteiger partial charge in [0.05, 0.1) is 16.1 Å². The Bertz CT molecular complexity index is 733. The summed E-state index contributed by atoms with van der Waals surface area (Å²) in [6.07, 6.45) is 2.81. The van der Waals surface area contributed by atoms with E-state index in [1.165, 1.54) is 33.9 Å². The van der Waals surface area contributed by atoms with Crippen molar-refractivity contribution in [3.8, 4) is 0 Å². The van der Waals surface area contributed by atoms with Crippen LogP contribution in [0.2, 0.25) is 0 Å². The molecular formula is C20H39N3O6S. The van der Waals surface area contributed by atoms with Crippen LogP contribution >= 0.6 is 0 Å². The largest absolute Gasteiger partial charge is 0.357 e. The third kappa shape index (κ3) is 6.80. The Labute approximate surface area is 180 Å². The molecule has 10 heteroatoms. The van der Waals surface area contributed by atoms with E-state index in [0.717, 1.165) is 6.26 Å². The van der Waals surface area contributed by atoms with Gasteiger partial charge < -0.3 is 10.6 Å². The highest BCUT2D eigenvalue weighted by Crippen LogP contribution is 2.37. The summed E-state index contributed by atoms with van der Waals surface area (Å²) in [6.45, 7) is 11.6. The Balaban J connectivity index is 0. The van der Waals surface area contributed by atoms with Gasteiger partial charge in [-0.05, 0) is 39.5 Å². The van der Waals surface area contributed by atoms with Crippen LogP contribution in [-0.2, 0) is 24.2 Å². The first-order chi connectivity index (χ1) is 13.1. The molecule has 0 fully saturated rings. The molecule has 0 aromatic heterocycles. The first-order valence-corrected chi connectivity index (χ1v) is 11.3. The van der Waals surface area contributed by atoms with Gasteiger partial charge in [-0.3, -0.25) is 19.6 Å². The first kappa shape index (κ1) is 30.3. The Kier molecular flexibility index (Phi) is 11.5. The number of likely N-dealkylation sites (N-methyl/N-ethyl adjacent to an activating group) is 1. The van der Waals surface area contributed by atoms with Gasteiger partial charge in [0.15, 0.2) is 9.84 Å². The number of nitrogens with one attached hydrogen (secondary N) is 3. The fourth-order valence-electron chi connectivity index (χ4n) is 3.10. The molecule has 0 saturated heterocycles. The molecule has 0 rings (SSSR count). The van der Waals surface area contributed by atoms with E-state index in [2.05, 4.69) is 17.2 Å². The third-order valence-electron chi connectivity index (χ3n) is 5.43. The molecule has 0 spiro atoms. The van der Waals surface area contributed by atoms with Crippen LogP contribution in [0, 0.1) is 17.3 Å². The molecule has 0 aliphatic carbocycles. The second-order valence-corrected chi connectivity index (χ2v) is 11.1. The van der Waals surface area contributed by atoms with Gasteiger partial charge in [-0.1, -0.05) is 27.4 Å². The fraction of sp³-hybridized carbons (Fsp3) is 0.750. The molecule has 0 aromatic carbocycles. The summed E-state index contributed by atoms with van der Waals surface area (Å²) in [7, 11) is -2.39. The normalized spacial score (nSPS) is 15.8. The summed E-state index contributed by atoms with van der Waals surface area (Å²) >= 11 is 0. The number of sulfone groups is 1. The zero-order valence-electron chi connectivity index (χ0n) is 18.3. The fourth-order valence-corrected chi connectivity index (χ4v) is 3.70. The van der Waals surface area contributed by atoms with Gasteiger partial charge in [-0.15, -0.1) is 6.58 Å². The average molecular weight is 450 g/mol. The number of carbonyl (C=O) groups excluding carboxylic acids is 3. The molecule has 1 unspecified atom stereocenters. The van der Waals surface area contributed by atoms with Gasteiger partial charge in [0, 0.05) is 13.3 Å². The lowest BCUT2D eigenvalue weighted by atomic mass is 9.70. The molecule has 3 atom stereocenters. The topological polar surface area (TPSA) is 142 Å². The number of hydrogen-bond acceptors (Lipinski definition) is 6. The third-order valence-corrected chi connectivity index (χ3v) is 7.57. The van der Waals surface area contributed by atoms with Crippen molar-refractivity contribution >= 4 is 27.6 Å². The van der Waals surface area contributed by atoms with Crippen molar-refractivity contribution in [3.63, 3.8) is 0 Å². The van der Waals surface area contributed by atoms with Crippen LogP contribution < -0.4 is 16.1 Å². The van der Waals surface area contributed by atoms with Gasteiger partial charge in [-0.2, -0.15) is 0 Å². The first-order valence-electron chi connectivity index (χ1n) is 9.37. The molecule has 0 aliphatic rings. The van der Waals surface area contributed by atoms with E-state index in [1.807, 2.05) is 13.8 Å². The Hall–Kier alpha value is -1.94. The number of allylic oxidation sites excluding steroid dienone is 1. The zero-order chi connectivity index (χ0) is 23.2. The molecule has 0 heterocycles. The Morgan fingerprint density at radius 3 is 1.97 bits per heavy atom. The summed E-state index contributed by atoms with van der Waals surface area (Å²) in [5.74, 6) is -3.04. The van der Waals surface area contributed by atoms with Crippen LogP contribution in [-0.4, -0.2) is 55.4 Å². The summed E-state index contributed by atoms with van der Waals surface area (Å²) in [4.78, 5) is 38.1. The number of hydroxylamine groups is 1. The second-order valence-electron chi connectivity index (χ2n) is 8.46. The minimum absolute atomic E-state index is 0. The van der Waals surface area contributed by atoms with Gasteiger partial charge in [-0.25, -0.2) is 13.9 Å². The highest BCUT2D eigenvalue weighted by atomic mass is 32.2. The van der Waals surface area contributed by atoms with Crippen molar-refractivity contribution in [2.45, 2.75) is 65.7 Å². The molecule has 0 saturated carbocycles. The van der Waals surface area contributed by atoms with Crippen molar-refractivity contribution in [3.05, 3.63) is 12.7 Å². The van der Waals surface area contributed by atoms with E-state index in [0.29, 0.717) is 0 Å². The van der Waals surface area contributed by atoms with E-state index in [9.17, 15) is 28.0 Å². The van der Waals surface area contributed by atoms with Crippen LogP contribution in [0.1, 0.15) is 54.9 Å². The van der Waals surface area contributed by atoms with Crippen molar-refractivity contribution in [1.29, 1.82) is 0 Å². The van der Waals surface area contributed by atoms with Crippen molar-refractivity contribution in [2.75, 3.05) is 13.3 Å². The van der Waals surface area contributed by atoms with E-state index in [1.54, 1.807) is 5.48 Å². The standard InChI is InChI=1S/C19H35N3O6S.CH4/c1-9-10-19(6,17(25)22-26)13(11-12(2)3)15(23)21-14(16(24)20-7)18(4,5)29(8,27)28;/h9,12-14,26H,1,10-11H2,2-8H3,(H,20,24)(H,21,23)(H,22,25);1H4/t13-,14?,19-;/m0./s1. The van der Waals surface area contributed by atoms with Gasteiger partial charge in [0.2, 0.25) is 17.7 Å². The summed E-state index contributed by atoms with van der Waals surface area (Å²) in [5.41, 5.74) is 0.245. The highest BCUT2D eigenvalue weighted by molar-refractivity contribution is 7.92. The molecule has 9 nitrogen and oxygen atoms in total. The maximum Gasteiger partial charge on any atom is 0.250 e. The maximum atomic E-state index is 13.2. The molecule has 176 valence electrons. The molecule has 3 amide bonds. The van der Waals surface area contributed by atoms with Crippen molar-refractivity contribution in [1.82, 2.24) is 16.1 Å². The highest BCUT2D eigenvalue weighted by Gasteiger charge is 2.48. The molecule has 0 aliphatic heterocycles. The van der Waals surface area contributed by atoms with E-state index < -0.39 is 49.7 Å². The van der Waals surface area contributed by atoms with Gasteiger partial charge >= 0.3 is 0 Å². The lowest BCUT2D eigenvalue weighted by molar-refractivity contribution is -0.149. The SMILES string of the molecule is C.C=CC[C@](C)(C(=O)NO)[C@@H](CC(C)C)C(=O)NC(C(=O)NC)C(C)(C)S(C)(=O)=O. The second kappa shape index (κ2) is 11.5. The lowest BCUT2D eigenvalue weighted by Gasteiger charge is -2.38. The zero-order valence-corrected chi connectivity index (χ0v) is 19.1. The number of rotatable bonds is 11. The predicted octanol–water partition coefficient (Wildman–Crippen LogP) is 1.43.